The van der Waals surface area contributed by atoms with Gasteiger partial charge in [0.15, 0.2) is 5.75 Å². The third kappa shape index (κ3) is 5.01. The lowest BCUT2D eigenvalue weighted by molar-refractivity contribution is 0.0950. The smallest absolute Gasteiger partial charge is 0.257 e. The molecule has 1 aromatic carbocycles. The molecule has 0 aliphatic heterocycles. The molecular formula is C26H23FN4O3. The third-order valence-electron chi connectivity index (χ3n) is 5.17. The maximum Gasteiger partial charge on any atom is 0.257 e. The first-order chi connectivity index (χ1) is 16.5. The molecule has 1 N–H and O–H groups in total. The highest BCUT2D eigenvalue weighted by Gasteiger charge is 2.17. The number of hydrogen-bond donors (Lipinski definition) is 1. The number of amides is 1. The summed E-state index contributed by atoms with van der Waals surface area (Å²) in [6.45, 7) is 2.09. The van der Waals surface area contributed by atoms with Gasteiger partial charge in [-0.3, -0.25) is 14.8 Å². The Kier molecular flexibility index (Phi) is 6.77. The van der Waals surface area contributed by atoms with E-state index in [-0.39, 0.29) is 12.5 Å². The molecule has 7 nitrogen and oxygen atoms in total. The van der Waals surface area contributed by atoms with Crippen molar-refractivity contribution in [1.82, 2.24) is 20.3 Å². The molecule has 3 aromatic heterocycles. The molecule has 0 saturated carbocycles. The van der Waals surface area contributed by atoms with Crippen LogP contribution in [0.15, 0.2) is 67.1 Å². The molecule has 1 amide bonds. The molecule has 8 heteroatoms. The zero-order valence-electron chi connectivity index (χ0n) is 19.0. The number of carbonyl (C=O) groups is 1. The van der Waals surface area contributed by atoms with Crippen LogP contribution in [0.25, 0.3) is 22.4 Å². The fraction of sp³-hybridized carbons (Fsp3) is 0.154. The zero-order valence-corrected chi connectivity index (χ0v) is 19.0. The topological polar surface area (TPSA) is 86.2 Å². The fourth-order valence-electron chi connectivity index (χ4n) is 3.51. The number of aromatic nitrogens is 3. The number of hydrogen-bond acceptors (Lipinski definition) is 6. The molecule has 4 aromatic rings. The van der Waals surface area contributed by atoms with Crippen LogP contribution < -0.4 is 14.8 Å². The van der Waals surface area contributed by atoms with Crippen molar-refractivity contribution in [1.29, 1.82) is 0 Å². The lowest BCUT2D eigenvalue weighted by atomic mass is 10.0. The third-order valence-corrected chi connectivity index (χ3v) is 5.17. The molecule has 0 fully saturated rings. The summed E-state index contributed by atoms with van der Waals surface area (Å²) < 4.78 is 24.3. The van der Waals surface area contributed by atoms with Crippen molar-refractivity contribution in [2.24, 2.45) is 0 Å². The predicted molar refractivity (Wildman–Crippen MR) is 126 cm³/mol. The minimum Gasteiger partial charge on any atom is -0.491 e. The molecule has 0 bridgehead atoms. The zero-order chi connectivity index (χ0) is 24.1. The maximum atomic E-state index is 13.9. The normalized spacial score (nSPS) is 10.6. The van der Waals surface area contributed by atoms with Gasteiger partial charge in [0.2, 0.25) is 0 Å². The molecule has 0 atom stereocenters. The van der Waals surface area contributed by atoms with Gasteiger partial charge in [0, 0.05) is 35.3 Å². The number of methoxy groups -OCH3 is 2. The summed E-state index contributed by atoms with van der Waals surface area (Å²) in [6, 6.07) is 13.1. The number of nitrogens with zero attached hydrogens (tertiary/aromatic N) is 3. The van der Waals surface area contributed by atoms with Gasteiger partial charge >= 0.3 is 0 Å². The molecular weight excluding hydrogens is 435 g/mol. The van der Waals surface area contributed by atoms with E-state index >= 15 is 0 Å². The number of aryl methyl sites for hydroxylation is 1. The van der Waals surface area contributed by atoms with Crippen molar-refractivity contribution in [3.8, 4) is 34.0 Å². The van der Waals surface area contributed by atoms with Crippen molar-refractivity contribution in [2.75, 3.05) is 14.2 Å². The van der Waals surface area contributed by atoms with Crippen LogP contribution in [0.2, 0.25) is 0 Å². The minimum atomic E-state index is -0.410. The average molecular weight is 458 g/mol. The van der Waals surface area contributed by atoms with Crippen molar-refractivity contribution < 1.29 is 18.7 Å². The second-order valence-corrected chi connectivity index (χ2v) is 7.58. The molecule has 0 aliphatic rings. The standard InChI is InChI=1S/C26H23FN4O3/c1-16-9-18(13-28-12-16)19-11-22(24(29-14-19)17-5-4-6-20(27)10-17)25(32)30-15-21-7-8-23(33-2)26(31-21)34-3/h4-14H,15H2,1-3H3,(H,30,32). The van der Waals surface area contributed by atoms with Crippen molar-refractivity contribution in [3.63, 3.8) is 0 Å². The average Bonchev–Trinajstić information content (AvgIpc) is 2.86. The Labute approximate surface area is 196 Å². The first kappa shape index (κ1) is 22.8. The lowest BCUT2D eigenvalue weighted by Crippen LogP contribution is -2.24. The number of carbonyl (C=O) groups excluding carboxylic acids is 1. The Morgan fingerprint density at radius 1 is 0.971 bits per heavy atom. The SMILES string of the molecule is COc1ccc(CNC(=O)c2cc(-c3cncc(C)c3)cnc2-c2cccc(F)c2)nc1OC. The Morgan fingerprint density at radius 3 is 2.53 bits per heavy atom. The van der Waals surface area contributed by atoms with E-state index in [0.29, 0.717) is 34.1 Å². The van der Waals surface area contributed by atoms with E-state index in [2.05, 4.69) is 20.3 Å². The molecule has 0 saturated heterocycles. The molecule has 0 unspecified atom stereocenters. The van der Waals surface area contributed by atoms with E-state index in [0.717, 1.165) is 16.7 Å². The highest BCUT2D eigenvalue weighted by atomic mass is 19.1. The van der Waals surface area contributed by atoms with E-state index in [1.54, 1.807) is 48.9 Å². The monoisotopic (exact) mass is 458 g/mol. The van der Waals surface area contributed by atoms with E-state index in [1.165, 1.54) is 26.4 Å². The fourth-order valence-corrected chi connectivity index (χ4v) is 3.51. The van der Waals surface area contributed by atoms with Gasteiger partial charge in [0.1, 0.15) is 5.82 Å². The molecule has 172 valence electrons. The van der Waals surface area contributed by atoms with Crippen LogP contribution in [-0.2, 0) is 6.54 Å². The van der Waals surface area contributed by atoms with Crippen LogP contribution in [0, 0.1) is 12.7 Å². The molecule has 34 heavy (non-hydrogen) atoms. The summed E-state index contributed by atoms with van der Waals surface area (Å²) in [6.07, 6.45) is 5.12. The number of halogens is 1. The van der Waals surface area contributed by atoms with Crippen molar-refractivity contribution >= 4 is 5.91 Å². The number of nitrogens with one attached hydrogen (secondary N) is 1. The van der Waals surface area contributed by atoms with Gasteiger partial charge in [0.05, 0.1) is 37.7 Å². The Balaban J connectivity index is 1.68. The summed E-state index contributed by atoms with van der Waals surface area (Å²) in [5.74, 6) is 0.0397. The highest BCUT2D eigenvalue weighted by molar-refractivity contribution is 6.01. The van der Waals surface area contributed by atoms with Gasteiger partial charge in [-0.1, -0.05) is 12.1 Å². The summed E-state index contributed by atoms with van der Waals surface area (Å²) in [5.41, 5.74) is 4.32. The van der Waals surface area contributed by atoms with E-state index in [1.807, 2.05) is 13.0 Å². The quantitative estimate of drug-likeness (QED) is 0.436. The van der Waals surface area contributed by atoms with Crippen LogP contribution >= 0.6 is 0 Å². The largest absolute Gasteiger partial charge is 0.491 e. The molecule has 0 spiro atoms. The summed E-state index contributed by atoms with van der Waals surface area (Å²) >= 11 is 0. The van der Waals surface area contributed by atoms with Crippen LogP contribution in [0.5, 0.6) is 11.6 Å². The summed E-state index contributed by atoms with van der Waals surface area (Å²) in [5, 5.41) is 2.87. The Hall–Kier alpha value is -4.33. The molecule has 0 aliphatic carbocycles. The molecule has 4 rings (SSSR count). The van der Waals surface area contributed by atoms with Gasteiger partial charge in [-0.15, -0.1) is 0 Å². The first-order valence-corrected chi connectivity index (χ1v) is 10.5. The predicted octanol–water partition coefficient (Wildman–Crippen LogP) is 4.60. The molecule has 3 heterocycles. The van der Waals surface area contributed by atoms with Gasteiger partial charge in [-0.2, -0.15) is 0 Å². The Morgan fingerprint density at radius 2 is 1.79 bits per heavy atom. The van der Waals surface area contributed by atoms with Crippen molar-refractivity contribution in [2.45, 2.75) is 13.5 Å². The van der Waals surface area contributed by atoms with Gasteiger partial charge in [0.25, 0.3) is 11.8 Å². The van der Waals surface area contributed by atoms with Crippen LogP contribution in [-0.4, -0.2) is 35.1 Å². The molecule has 0 radical (unpaired) electrons. The highest BCUT2D eigenvalue weighted by Crippen LogP contribution is 2.28. The van der Waals surface area contributed by atoms with Crippen molar-refractivity contribution in [3.05, 3.63) is 89.8 Å². The van der Waals surface area contributed by atoms with Crippen LogP contribution in [0.3, 0.4) is 0 Å². The number of ether oxygens (including phenoxy) is 2. The van der Waals surface area contributed by atoms with E-state index < -0.39 is 5.82 Å². The van der Waals surface area contributed by atoms with Crippen LogP contribution in [0.1, 0.15) is 21.6 Å². The van der Waals surface area contributed by atoms with Gasteiger partial charge in [-0.25, -0.2) is 9.37 Å². The number of pyridine rings is 3. The van der Waals surface area contributed by atoms with Crippen LogP contribution in [0.4, 0.5) is 4.39 Å². The van der Waals surface area contributed by atoms with Gasteiger partial charge < -0.3 is 14.8 Å². The van der Waals surface area contributed by atoms with E-state index in [4.69, 9.17) is 9.47 Å². The lowest BCUT2D eigenvalue weighted by Gasteiger charge is -2.13. The number of rotatable bonds is 7. The Bertz CT molecular complexity index is 1340. The maximum absolute atomic E-state index is 13.9. The minimum absolute atomic E-state index is 0.151. The first-order valence-electron chi connectivity index (χ1n) is 10.5. The second kappa shape index (κ2) is 10.1. The summed E-state index contributed by atoms with van der Waals surface area (Å²) in [4.78, 5) is 26.4. The second-order valence-electron chi connectivity index (χ2n) is 7.58. The summed E-state index contributed by atoms with van der Waals surface area (Å²) in [7, 11) is 3.02. The number of benzene rings is 1. The van der Waals surface area contributed by atoms with Gasteiger partial charge in [-0.05, 0) is 48.9 Å². The van der Waals surface area contributed by atoms with E-state index in [9.17, 15) is 9.18 Å².